The molecule has 0 saturated carbocycles. The van der Waals surface area contributed by atoms with Gasteiger partial charge in [-0.1, -0.05) is 30.3 Å². The van der Waals surface area contributed by atoms with Crippen LogP contribution in [0.5, 0.6) is 5.75 Å². The third kappa shape index (κ3) is 5.18. The fraction of sp³-hybridized carbons (Fsp3) is 0.450. The number of aliphatic hydroxyl groups is 1. The Labute approximate surface area is 148 Å². The minimum atomic E-state index is -0.524. The van der Waals surface area contributed by atoms with Crippen LogP contribution in [0.15, 0.2) is 42.5 Å². The predicted molar refractivity (Wildman–Crippen MR) is 98.7 cm³/mol. The molecular weight excluding hydrogens is 316 g/mol. The van der Waals surface area contributed by atoms with Crippen molar-refractivity contribution in [2.45, 2.75) is 31.9 Å². The molecule has 0 bridgehead atoms. The Morgan fingerprint density at radius 2 is 1.96 bits per heavy atom. The van der Waals surface area contributed by atoms with Crippen molar-refractivity contribution >= 4 is 16.7 Å². The van der Waals surface area contributed by atoms with Gasteiger partial charge >= 0.3 is 0 Å². The second kappa shape index (κ2) is 8.32. The number of rotatable bonds is 6. The van der Waals surface area contributed by atoms with E-state index in [1.54, 1.807) is 6.92 Å². The minimum absolute atomic E-state index is 0.0299. The Bertz CT molecular complexity index is 711. The summed E-state index contributed by atoms with van der Waals surface area (Å²) in [6, 6.07) is 14.4. The molecule has 2 aromatic carbocycles. The van der Waals surface area contributed by atoms with Crippen LogP contribution in [0.1, 0.15) is 19.8 Å². The SMILES string of the molecule is CC(=O)NC1CCN(CC(O)COc2ccc3ccccc3c2)CC1. The molecule has 1 atom stereocenters. The first kappa shape index (κ1) is 17.7. The quantitative estimate of drug-likeness (QED) is 0.845. The van der Waals surface area contributed by atoms with Gasteiger partial charge in [0.05, 0.1) is 0 Å². The predicted octanol–water partition coefficient (Wildman–Crippen LogP) is 2.18. The number of amides is 1. The van der Waals surface area contributed by atoms with Crippen molar-refractivity contribution in [3.8, 4) is 5.75 Å². The van der Waals surface area contributed by atoms with Crippen molar-refractivity contribution in [1.29, 1.82) is 0 Å². The number of fused-ring (bicyclic) bond motifs is 1. The Morgan fingerprint density at radius 1 is 1.24 bits per heavy atom. The second-order valence-corrected chi connectivity index (χ2v) is 6.75. The molecule has 134 valence electrons. The molecule has 1 fully saturated rings. The highest BCUT2D eigenvalue weighted by molar-refractivity contribution is 5.83. The molecule has 1 aliphatic heterocycles. The van der Waals surface area contributed by atoms with Gasteiger partial charge in [-0.2, -0.15) is 0 Å². The Hall–Kier alpha value is -2.11. The van der Waals surface area contributed by atoms with E-state index in [0.717, 1.165) is 37.1 Å². The van der Waals surface area contributed by atoms with Crippen molar-refractivity contribution in [3.63, 3.8) is 0 Å². The topological polar surface area (TPSA) is 61.8 Å². The molecule has 3 rings (SSSR count). The van der Waals surface area contributed by atoms with Gasteiger partial charge in [-0.05, 0) is 35.7 Å². The van der Waals surface area contributed by atoms with Crippen molar-refractivity contribution in [2.75, 3.05) is 26.2 Å². The van der Waals surface area contributed by atoms with Crippen LogP contribution in [-0.2, 0) is 4.79 Å². The fourth-order valence-electron chi connectivity index (χ4n) is 3.35. The number of β-amino-alcohol motifs (C(OH)–C–C–N with tert-alkyl or cyclic N) is 1. The van der Waals surface area contributed by atoms with E-state index in [4.69, 9.17) is 4.74 Å². The summed E-state index contributed by atoms with van der Waals surface area (Å²) in [4.78, 5) is 13.3. The summed E-state index contributed by atoms with van der Waals surface area (Å²) in [6.45, 7) is 4.21. The van der Waals surface area contributed by atoms with Gasteiger partial charge in [0.1, 0.15) is 18.5 Å². The number of likely N-dealkylation sites (tertiary alicyclic amines) is 1. The minimum Gasteiger partial charge on any atom is -0.491 e. The number of nitrogens with zero attached hydrogens (tertiary/aromatic N) is 1. The van der Waals surface area contributed by atoms with Gasteiger partial charge in [0.25, 0.3) is 0 Å². The summed E-state index contributed by atoms with van der Waals surface area (Å²) in [7, 11) is 0. The second-order valence-electron chi connectivity index (χ2n) is 6.75. The van der Waals surface area contributed by atoms with Crippen LogP contribution in [-0.4, -0.2) is 54.3 Å². The van der Waals surface area contributed by atoms with E-state index in [9.17, 15) is 9.90 Å². The van der Waals surface area contributed by atoms with E-state index in [2.05, 4.69) is 22.3 Å². The van der Waals surface area contributed by atoms with Gasteiger partial charge in [-0.25, -0.2) is 0 Å². The summed E-state index contributed by atoms with van der Waals surface area (Å²) in [6.07, 6.45) is 1.33. The van der Waals surface area contributed by atoms with Crippen LogP contribution >= 0.6 is 0 Å². The smallest absolute Gasteiger partial charge is 0.217 e. The number of carbonyl (C=O) groups is 1. The monoisotopic (exact) mass is 342 g/mol. The molecule has 1 unspecified atom stereocenters. The van der Waals surface area contributed by atoms with E-state index >= 15 is 0 Å². The molecule has 5 nitrogen and oxygen atoms in total. The molecule has 2 N–H and O–H groups in total. The number of nitrogens with one attached hydrogen (secondary N) is 1. The molecule has 1 saturated heterocycles. The first-order valence-electron chi connectivity index (χ1n) is 8.89. The first-order valence-corrected chi connectivity index (χ1v) is 8.89. The Kier molecular flexibility index (Phi) is 5.89. The van der Waals surface area contributed by atoms with Crippen molar-refractivity contribution < 1.29 is 14.6 Å². The average molecular weight is 342 g/mol. The van der Waals surface area contributed by atoms with Crippen LogP contribution in [0.4, 0.5) is 0 Å². The maximum absolute atomic E-state index is 11.1. The lowest BCUT2D eigenvalue weighted by atomic mass is 10.0. The van der Waals surface area contributed by atoms with Gasteiger partial charge in [0.15, 0.2) is 0 Å². The standard InChI is InChI=1S/C20H26N2O3/c1-15(23)21-18-8-10-22(11-9-18)13-19(24)14-25-20-7-6-16-4-2-3-5-17(16)12-20/h2-7,12,18-19,24H,8-11,13-14H2,1H3,(H,21,23). The third-order valence-corrected chi connectivity index (χ3v) is 4.63. The molecule has 1 aliphatic rings. The summed E-state index contributed by atoms with van der Waals surface area (Å²) in [5, 5.41) is 15.5. The van der Waals surface area contributed by atoms with Gasteiger partial charge in [0.2, 0.25) is 5.91 Å². The van der Waals surface area contributed by atoms with Crippen LogP contribution < -0.4 is 10.1 Å². The number of ether oxygens (including phenoxy) is 1. The largest absolute Gasteiger partial charge is 0.491 e. The molecule has 1 amide bonds. The van der Waals surface area contributed by atoms with E-state index in [1.165, 1.54) is 5.39 Å². The summed E-state index contributed by atoms with van der Waals surface area (Å²) in [5.74, 6) is 0.810. The number of benzene rings is 2. The summed E-state index contributed by atoms with van der Waals surface area (Å²) >= 11 is 0. The van der Waals surface area contributed by atoms with Crippen LogP contribution in [0, 0.1) is 0 Å². The maximum atomic E-state index is 11.1. The Morgan fingerprint density at radius 3 is 2.68 bits per heavy atom. The van der Waals surface area contributed by atoms with E-state index in [0.29, 0.717) is 6.54 Å². The molecule has 5 heteroatoms. The highest BCUT2D eigenvalue weighted by atomic mass is 16.5. The van der Waals surface area contributed by atoms with Gasteiger partial charge < -0.3 is 20.1 Å². The highest BCUT2D eigenvalue weighted by Gasteiger charge is 2.21. The van der Waals surface area contributed by atoms with Gasteiger partial charge in [-0.3, -0.25) is 4.79 Å². The lowest BCUT2D eigenvalue weighted by Crippen LogP contribution is -2.46. The van der Waals surface area contributed by atoms with Crippen molar-refractivity contribution in [2.24, 2.45) is 0 Å². The first-order chi connectivity index (χ1) is 12.1. The molecule has 2 aromatic rings. The molecule has 1 heterocycles. The van der Waals surface area contributed by atoms with Gasteiger partial charge in [-0.15, -0.1) is 0 Å². The van der Waals surface area contributed by atoms with E-state index < -0.39 is 6.10 Å². The summed E-state index contributed by atoms with van der Waals surface area (Å²) in [5.41, 5.74) is 0. The lowest BCUT2D eigenvalue weighted by Gasteiger charge is -2.33. The van der Waals surface area contributed by atoms with Crippen LogP contribution in [0.2, 0.25) is 0 Å². The maximum Gasteiger partial charge on any atom is 0.217 e. The fourth-order valence-corrected chi connectivity index (χ4v) is 3.35. The molecule has 0 radical (unpaired) electrons. The number of aliphatic hydroxyl groups excluding tert-OH is 1. The highest BCUT2D eigenvalue weighted by Crippen LogP contribution is 2.20. The van der Waals surface area contributed by atoms with Crippen LogP contribution in [0.3, 0.4) is 0 Å². The lowest BCUT2D eigenvalue weighted by molar-refractivity contribution is -0.120. The van der Waals surface area contributed by atoms with Crippen LogP contribution in [0.25, 0.3) is 10.8 Å². The van der Waals surface area contributed by atoms with Crippen molar-refractivity contribution in [3.05, 3.63) is 42.5 Å². The molecule has 0 spiro atoms. The van der Waals surface area contributed by atoms with Gasteiger partial charge in [0, 0.05) is 32.6 Å². The Balaban J connectivity index is 1.43. The number of hydrogen-bond acceptors (Lipinski definition) is 4. The third-order valence-electron chi connectivity index (χ3n) is 4.63. The zero-order valence-electron chi connectivity index (χ0n) is 14.6. The number of hydrogen-bond donors (Lipinski definition) is 2. The van der Waals surface area contributed by atoms with E-state index in [1.807, 2.05) is 30.3 Å². The zero-order valence-corrected chi connectivity index (χ0v) is 14.6. The number of piperidine rings is 1. The molecule has 0 aliphatic carbocycles. The van der Waals surface area contributed by atoms with Crippen molar-refractivity contribution in [1.82, 2.24) is 10.2 Å². The number of carbonyl (C=O) groups excluding carboxylic acids is 1. The molecule has 0 aromatic heterocycles. The molecule has 25 heavy (non-hydrogen) atoms. The zero-order chi connectivity index (χ0) is 17.6. The normalized spacial score (nSPS) is 17.4. The van der Waals surface area contributed by atoms with E-state index in [-0.39, 0.29) is 18.6 Å². The average Bonchev–Trinajstić information content (AvgIpc) is 2.61. The summed E-state index contributed by atoms with van der Waals surface area (Å²) < 4.78 is 5.76. The molecular formula is C20H26N2O3.